The molecule has 7 aromatic carbocycles. The third-order valence-corrected chi connectivity index (χ3v) is 14.5. The summed E-state index contributed by atoms with van der Waals surface area (Å²) in [7, 11) is 0. The van der Waals surface area contributed by atoms with Gasteiger partial charge in [-0.05, 0) is 154 Å². The average molecular weight is 738 g/mol. The van der Waals surface area contributed by atoms with E-state index in [4.69, 9.17) is 0 Å². The minimum Gasteiger partial charge on any atom is -0.311 e. The van der Waals surface area contributed by atoms with Gasteiger partial charge in [0.2, 0.25) is 0 Å². The van der Waals surface area contributed by atoms with Gasteiger partial charge < -0.3 is 4.90 Å². The second kappa shape index (κ2) is 14.4. The molecule has 0 radical (unpaired) electrons. The van der Waals surface area contributed by atoms with Gasteiger partial charge in [0.15, 0.2) is 0 Å². The lowest BCUT2D eigenvalue weighted by Crippen LogP contribution is -2.28. The molecule has 0 amide bonds. The Balaban J connectivity index is 0.980. The van der Waals surface area contributed by atoms with Gasteiger partial charge in [-0.1, -0.05) is 159 Å². The van der Waals surface area contributed by atoms with E-state index in [1.54, 1.807) is 0 Å². The SMILES string of the molecule is c1ccc(C2(c3ccccc3)c3ccccc3-c3ccc(-c4ccc(N(c5ccc(C6CCCCC6)cc5)c5ccc(C6CC7CCC6C7)cc5)cc4)cc32)cc1. The van der Waals surface area contributed by atoms with Crippen molar-refractivity contribution >= 4 is 17.1 Å². The van der Waals surface area contributed by atoms with Crippen LogP contribution >= 0.6 is 0 Å². The van der Waals surface area contributed by atoms with E-state index >= 15 is 0 Å². The summed E-state index contributed by atoms with van der Waals surface area (Å²) >= 11 is 0. The summed E-state index contributed by atoms with van der Waals surface area (Å²) < 4.78 is 0. The number of fused-ring (bicyclic) bond motifs is 5. The van der Waals surface area contributed by atoms with Crippen molar-refractivity contribution in [3.8, 4) is 22.3 Å². The van der Waals surface area contributed by atoms with Gasteiger partial charge in [-0.15, -0.1) is 0 Å². The highest BCUT2D eigenvalue weighted by atomic mass is 15.1. The molecule has 0 aliphatic heterocycles. The molecule has 0 aromatic heterocycles. The predicted octanol–water partition coefficient (Wildman–Crippen LogP) is 15.1. The highest BCUT2D eigenvalue weighted by molar-refractivity contribution is 5.88. The fourth-order valence-electron chi connectivity index (χ4n) is 11.7. The van der Waals surface area contributed by atoms with Crippen molar-refractivity contribution in [3.63, 3.8) is 0 Å². The van der Waals surface area contributed by atoms with Crippen molar-refractivity contribution < 1.29 is 0 Å². The monoisotopic (exact) mass is 737 g/mol. The topological polar surface area (TPSA) is 3.24 Å². The molecular weight excluding hydrogens is 687 g/mol. The van der Waals surface area contributed by atoms with Crippen molar-refractivity contribution in [2.24, 2.45) is 11.8 Å². The zero-order chi connectivity index (χ0) is 37.8. The predicted molar refractivity (Wildman–Crippen MR) is 238 cm³/mol. The van der Waals surface area contributed by atoms with Crippen LogP contribution in [0.3, 0.4) is 0 Å². The van der Waals surface area contributed by atoms with Crippen LogP contribution in [0.25, 0.3) is 22.3 Å². The summed E-state index contributed by atoms with van der Waals surface area (Å²) in [5, 5.41) is 0. The largest absolute Gasteiger partial charge is 0.311 e. The molecule has 4 aliphatic rings. The molecule has 11 rings (SSSR count). The molecular formula is C56H51N. The van der Waals surface area contributed by atoms with Crippen LogP contribution in [-0.2, 0) is 5.41 Å². The lowest BCUT2D eigenvalue weighted by Gasteiger charge is -2.34. The first-order chi connectivity index (χ1) is 28.2. The van der Waals surface area contributed by atoms with E-state index < -0.39 is 5.41 Å². The van der Waals surface area contributed by atoms with Crippen LogP contribution in [0.15, 0.2) is 176 Å². The van der Waals surface area contributed by atoms with E-state index in [0.29, 0.717) is 5.92 Å². The summed E-state index contributed by atoms with van der Waals surface area (Å²) in [6.07, 6.45) is 12.4. The summed E-state index contributed by atoms with van der Waals surface area (Å²) in [4.78, 5) is 2.47. The molecule has 7 aromatic rings. The Hall–Kier alpha value is -5.66. The number of rotatable bonds is 8. The van der Waals surface area contributed by atoms with E-state index in [0.717, 1.165) is 17.8 Å². The van der Waals surface area contributed by atoms with Crippen molar-refractivity contribution in [2.45, 2.75) is 75.0 Å². The second-order valence-corrected chi connectivity index (χ2v) is 17.5. The van der Waals surface area contributed by atoms with E-state index in [1.807, 2.05) is 0 Å². The maximum absolute atomic E-state index is 2.47. The fraction of sp³-hybridized carbons (Fsp3) is 0.250. The summed E-state index contributed by atoms with van der Waals surface area (Å²) in [5.41, 5.74) is 16.7. The molecule has 0 spiro atoms. The van der Waals surface area contributed by atoms with Crippen LogP contribution < -0.4 is 4.90 Å². The number of anilines is 3. The molecule has 0 heterocycles. The molecule has 57 heavy (non-hydrogen) atoms. The van der Waals surface area contributed by atoms with Crippen LogP contribution in [0.1, 0.15) is 103 Å². The third-order valence-electron chi connectivity index (χ3n) is 14.5. The normalized spacial score (nSPS) is 20.6. The molecule has 0 N–H and O–H groups in total. The van der Waals surface area contributed by atoms with Crippen LogP contribution in [0.2, 0.25) is 0 Å². The number of benzene rings is 7. The molecule has 1 nitrogen and oxygen atoms in total. The van der Waals surface area contributed by atoms with Crippen molar-refractivity contribution in [2.75, 3.05) is 4.90 Å². The van der Waals surface area contributed by atoms with Crippen molar-refractivity contribution in [1.82, 2.24) is 0 Å². The van der Waals surface area contributed by atoms with Gasteiger partial charge in [0.05, 0.1) is 5.41 Å². The number of nitrogens with zero attached hydrogens (tertiary/aromatic N) is 1. The quantitative estimate of drug-likeness (QED) is 0.150. The Morgan fingerprint density at radius 3 is 1.60 bits per heavy atom. The molecule has 4 aliphatic carbocycles. The highest BCUT2D eigenvalue weighted by Crippen LogP contribution is 2.57. The number of hydrogen-bond donors (Lipinski definition) is 0. The van der Waals surface area contributed by atoms with Gasteiger partial charge in [-0.3, -0.25) is 0 Å². The van der Waals surface area contributed by atoms with Gasteiger partial charge >= 0.3 is 0 Å². The first-order valence-electron chi connectivity index (χ1n) is 21.7. The molecule has 1 heteroatoms. The Bertz CT molecular complexity index is 2450. The average Bonchev–Trinajstić information content (AvgIpc) is 4.01. The van der Waals surface area contributed by atoms with E-state index in [2.05, 4.69) is 181 Å². The molecule has 0 saturated heterocycles. The van der Waals surface area contributed by atoms with Gasteiger partial charge in [-0.2, -0.15) is 0 Å². The lowest BCUT2D eigenvalue weighted by atomic mass is 9.67. The Morgan fingerprint density at radius 2 is 0.982 bits per heavy atom. The molecule has 280 valence electrons. The zero-order valence-corrected chi connectivity index (χ0v) is 32.9. The maximum Gasteiger partial charge on any atom is 0.0713 e. The minimum atomic E-state index is -0.408. The van der Waals surface area contributed by atoms with Crippen LogP contribution in [0.4, 0.5) is 17.1 Å². The van der Waals surface area contributed by atoms with Crippen LogP contribution in [0, 0.1) is 11.8 Å². The zero-order valence-electron chi connectivity index (χ0n) is 32.9. The van der Waals surface area contributed by atoms with Gasteiger partial charge in [0, 0.05) is 17.1 Å². The third kappa shape index (κ3) is 5.89. The van der Waals surface area contributed by atoms with E-state index in [9.17, 15) is 0 Å². The van der Waals surface area contributed by atoms with Gasteiger partial charge in [0.1, 0.15) is 0 Å². The summed E-state index contributed by atoms with van der Waals surface area (Å²) in [6.45, 7) is 0. The molecule has 2 bridgehead atoms. The molecule has 3 saturated carbocycles. The molecule has 3 unspecified atom stereocenters. The molecule has 3 atom stereocenters. The standard InChI is InChI=1S/C56H51N/c1-4-12-40(13-5-1)41-22-29-48(30-23-41)57(50-33-26-43(27-34-50)53-37-39-20-21-45(53)36-39)49-31-24-42(25-32-49)44-28-35-52-51-18-10-11-19-54(51)56(55(52)38-44,46-14-6-2-7-15-46)47-16-8-3-9-17-47/h2-3,6-11,14-19,22-35,38-40,45,53H,1,4-5,12-13,20-21,36-37H2. The van der Waals surface area contributed by atoms with Crippen molar-refractivity contribution in [3.05, 3.63) is 209 Å². The lowest BCUT2D eigenvalue weighted by molar-refractivity contribution is 0.420. The highest BCUT2D eigenvalue weighted by Gasteiger charge is 2.46. The van der Waals surface area contributed by atoms with E-state index in [-0.39, 0.29) is 0 Å². The Labute approximate surface area is 339 Å². The van der Waals surface area contributed by atoms with Crippen molar-refractivity contribution in [1.29, 1.82) is 0 Å². The van der Waals surface area contributed by atoms with Gasteiger partial charge in [0.25, 0.3) is 0 Å². The van der Waals surface area contributed by atoms with Crippen LogP contribution in [-0.4, -0.2) is 0 Å². The minimum absolute atomic E-state index is 0.408. The smallest absolute Gasteiger partial charge is 0.0713 e. The summed E-state index contributed by atoms with van der Waals surface area (Å²) in [6, 6.07) is 66.9. The first-order valence-corrected chi connectivity index (χ1v) is 21.7. The fourth-order valence-corrected chi connectivity index (χ4v) is 11.7. The number of hydrogen-bond acceptors (Lipinski definition) is 1. The molecule has 3 fully saturated rings. The van der Waals surface area contributed by atoms with Crippen LogP contribution in [0.5, 0.6) is 0 Å². The second-order valence-electron chi connectivity index (χ2n) is 17.5. The Kier molecular flexibility index (Phi) is 8.72. The summed E-state index contributed by atoms with van der Waals surface area (Å²) in [5.74, 6) is 3.27. The first kappa shape index (κ1) is 34.6. The maximum atomic E-state index is 2.47. The van der Waals surface area contributed by atoms with E-state index in [1.165, 1.54) is 130 Å². The Morgan fingerprint density at radius 1 is 0.421 bits per heavy atom. The van der Waals surface area contributed by atoms with Gasteiger partial charge in [-0.25, -0.2) is 0 Å².